The van der Waals surface area contributed by atoms with E-state index in [1.807, 2.05) is 6.92 Å². The third-order valence-corrected chi connectivity index (χ3v) is 3.61. The molecule has 0 aromatic carbocycles. The summed E-state index contributed by atoms with van der Waals surface area (Å²) in [7, 11) is 0. The number of ether oxygens (including phenoxy) is 1. The molecule has 1 aliphatic heterocycles. The first-order valence-electron chi connectivity index (χ1n) is 6.93. The Bertz CT molecular complexity index is 677. The van der Waals surface area contributed by atoms with Crippen LogP contribution in [0.15, 0.2) is 6.33 Å². The normalized spacial score (nSPS) is 28.4. The molecular weight excluding hydrogens is 292 g/mol. The van der Waals surface area contributed by atoms with Gasteiger partial charge in [-0.15, -0.1) is 0 Å². The number of aliphatic hydroxyl groups is 3. The molecule has 120 valence electrons. The summed E-state index contributed by atoms with van der Waals surface area (Å²) in [4.78, 5) is 12.3. The first-order chi connectivity index (χ1) is 10.6. The maximum Gasteiger partial charge on any atom is 0.207 e. The summed E-state index contributed by atoms with van der Waals surface area (Å²) in [5.74, 6) is 0.592. The fourth-order valence-corrected chi connectivity index (χ4v) is 2.54. The Morgan fingerprint density at radius 1 is 1.36 bits per heavy atom. The molecule has 0 saturated carbocycles. The second-order valence-electron chi connectivity index (χ2n) is 5.00. The number of aliphatic hydroxyl groups excluding tert-OH is 3. The second-order valence-corrected chi connectivity index (χ2v) is 5.00. The monoisotopic (exact) mass is 310 g/mol. The lowest BCUT2D eigenvalue weighted by Crippen LogP contribution is -2.33. The molecule has 2 aromatic heterocycles. The van der Waals surface area contributed by atoms with Crippen LogP contribution >= 0.6 is 0 Å². The molecular formula is C12H18N6O4. The first kappa shape index (κ1) is 14.9. The summed E-state index contributed by atoms with van der Waals surface area (Å²) < 4.78 is 7.06. The summed E-state index contributed by atoms with van der Waals surface area (Å²) in [6, 6.07) is 0. The minimum atomic E-state index is -1.23. The van der Waals surface area contributed by atoms with Gasteiger partial charge in [-0.3, -0.25) is 4.57 Å². The molecule has 1 saturated heterocycles. The lowest BCUT2D eigenvalue weighted by Gasteiger charge is -2.19. The number of aromatic nitrogens is 4. The molecule has 0 bridgehead atoms. The molecule has 0 aliphatic carbocycles. The van der Waals surface area contributed by atoms with E-state index in [2.05, 4.69) is 20.3 Å². The Labute approximate surface area is 125 Å². The first-order valence-corrected chi connectivity index (χ1v) is 6.93. The van der Waals surface area contributed by atoms with Gasteiger partial charge in [0.15, 0.2) is 23.2 Å². The van der Waals surface area contributed by atoms with E-state index in [0.717, 1.165) is 0 Å². The second kappa shape index (κ2) is 5.65. The molecule has 1 aliphatic rings. The number of hydrogen-bond acceptors (Lipinski definition) is 9. The fourth-order valence-electron chi connectivity index (χ4n) is 2.54. The quantitative estimate of drug-likeness (QED) is 0.452. The number of nitrogens with two attached hydrogens (primary N) is 1. The van der Waals surface area contributed by atoms with Crippen LogP contribution in [0.5, 0.6) is 0 Å². The van der Waals surface area contributed by atoms with E-state index in [1.165, 1.54) is 10.9 Å². The van der Waals surface area contributed by atoms with Crippen LogP contribution in [0.25, 0.3) is 11.2 Å². The number of fused-ring (bicyclic) bond motifs is 1. The van der Waals surface area contributed by atoms with Crippen molar-refractivity contribution in [1.29, 1.82) is 0 Å². The Morgan fingerprint density at radius 3 is 2.77 bits per heavy atom. The number of anilines is 2. The molecule has 3 rings (SSSR count). The Hall–Kier alpha value is -2.01. The van der Waals surface area contributed by atoms with Crippen molar-refractivity contribution in [2.75, 3.05) is 24.2 Å². The van der Waals surface area contributed by atoms with Crippen LogP contribution in [0.1, 0.15) is 13.2 Å². The minimum absolute atomic E-state index is 0.203. The van der Waals surface area contributed by atoms with E-state index in [9.17, 15) is 15.3 Å². The van der Waals surface area contributed by atoms with Crippen molar-refractivity contribution < 1.29 is 20.1 Å². The van der Waals surface area contributed by atoms with Crippen LogP contribution in [-0.4, -0.2) is 66.3 Å². The SMILES string of the molecule is CCNc1nc2c(N)ncnc2n1C1O[C@H](CO)[C@@H](O)[C@H]1O. The average Bonchev–Trinajstić information content (AvgIpc) is 3.00. The summed E-state index contributed by atoms with van der Waals surface area (Å²) in [6.45, 7) is 2.05. The number of imidazole rings is 1. The molecule has 0 amide bonds. The lowest BCUT2D eigenvalue weighted by molar-refractivity contribution is -0.0501. The third-order valence-electron chi connectivity index (χ3n) is 3.61. The maximum atomic E-state index is 10.2. The number of nitrogens with one attached hydrogen (secondary N) is 1. The number of nitrogen functional groups attached to an aromatic ring is 1. The zero-order valence-corrected chi connectivity index (χ0v) is 11.9. The van der Waals surface area contributed by atoms with Gasteiger partial charge in [-0.05, 0) is 6.92 Å². The van der Waals surface area contributed by atoms with Crippen LogP contribution in [0.2, 0.25) is 0 Å². The van der Waals surface area contributed by atoms with Crippen LogP contribution in [-0.2, 0) is 4.74 Å². The van der Waals surface area contributed by atoms with Gasteiger partial charge in [0.2, 0.25) is 5.95 Å². The predicted molar refractivity (Wildman–Crippen MR) is 76.9 cm³/mol. The smallest absolute Gasteiger partial charge is 0.207 e. The Balaban J connectivity index is 2.13. The summed E-state index contributed by atoms with van der Waals surface area (Å²) >= 11 is 0. The van der Waals surface area contributed by atoms with Crippen molar-refractivity contribution in [2.24, 2.45) is 0 Å². The molecule has 3 heterocycles. The van der Waals surface area contributed by atoms with Crippen LogP contribution < -0.4 is 11.1 Å². The highest BCUT2D eigenvalue weighted by molar-refractivity contribution is 5.84. The van der Waals surface area contributed by atoms with Crippen molar-refractivity contribution in [2.45, 2.75) is 31.5 Å². The van der Waals surface area contributed by atoms with E-state index in [0.29, 0.717) is 23.7 Å². The average molecular weight is 310 g/mol. The van der Waals surface area contributed by atoms with E-state index < -0.39 is 31.1 Å². The molecule has 6 N–H and O–H groups in total. The van der Waals surface area contributed by atoms with E-state index >= 15 is 0 Å². The van der Waals surface area contributed by atoms with Crippen LogP contribution in [0.3, 0.4) is 0 Å². The van der Waals surface area contributed by atoms with Crippen molar-refractivity contribution in [3.63, 3.8) is 0 Å². The molecule has 10 heteroatoms. The molecule has 2 aromatic rings. The number of rotatable bonds is 4. The number of hydrogen-bond donors (Lipinski definition) is 5. The Kier molecular flexibility index (Phi) is 3.83. The zero-order valence-electron chi connectivity index (χ0n) is 11.9. The van der Waals surface area contributed by atoms with Gasteiger partial charge in [-0.25, -0.2) is 15.0 Å². The van der Waals surface area contributed by atoms with Crippen LogP contribution in [0, 0.1) is 0 Å². The molecule has 4 atom stereocenters. The molecule has 22 heavy (non-hydrogen) atoms. The molecule has 10 nitrogen and oxygen atoms in total. The molecule has 1 fully saturated rings. The van der Waals surface area contributed by atoms with E-state index in [4.69, 9.17) is 10.5 Å². The van der Waals surface area contributed by atoms with E-state index in [-0.39, 0.29) is 5.82 Å². The standard InChI is InChI=1S/C12H18N6O4/c1-2-14-12-17-6-9(13)15-4-16-10(6)18(12)11-8(21)7(20)5(3-19)22-11/h4-5,7-8,11,19-21H,2-3H2,1H3,(H,14,17)(H2,13,15,16)/t5-,7-,8-,11?/m1/s1. The Morgan fingerprint density at radius 2 is 2.14 bits per heavy atom. The topological polar surface area (TPSA) is 152 Å². The highest BCUT2D eigenvalue weighted by atomic mass is 16.6. The van der Waals surface area contributed by atoms with Gasteiger partial charge in [0, 0.05) is 6.54 Å². The van der Waals surface area contributed by atoms with Gasteiger partial charge in [0.1, 0.15) is 24.6 Å². The van der Waals surface area contributed by atoms with Crippen LogP contribution in [0.4, 0.5) is 11.8 Å². The molecule has 1 unspecified atom stereocenters. The highest BCUT2D eigenvalue weighted by Crippen LogP contribution is 2.34. The van der Waals surface area contributed by atoms with Crippen molar-refractivity contribution >= 4 is 22.9 Å². The van der Waals surface area contributed by atoms with Crippen molar-refractivity contribution in [1.82, 2.24) is 19.5 Å². The maximum absolute atomic E-state index is 10.2. The molecule has 0 spiro atoms. The van der Waals surface area contributed by atoms with Gasteiger partial charge in [0.25, 0.3) is 0 Å². The van der Waals surface area contributed by atoms with E-state index in [1.54, 1.807) is 0 Å². The summed E-state index contributed by atoms with van der Waals surface area (Å²) in [5.41, 5.74) is 6.55. The number of nitrogens with zero attached hydrogens (tertiary/aromatic N) is 4. The van der Waals surface area contributed by atoms with Gasteiger partial charge in [-0.1, -0.05) is 0 Å². The van der Waals surface area contributed by atoms with Gasteiger partial charge < -0.3 is 31.1 Å². The predicted octanol–water partition coefficient (Wildman–Crippen LogP) is -1.55. The van der Waals surface area contributed by atoms with Gasteiger partial charge in [0.05, 0.1) is 6.61 Å². The largest absolute Gasteiger partial charge is 0.394 e. The van der Waals surface area contributed by atoms with Crippen molar-refractivity contribution in [3.05, 3.63) is 6.33 Å². The van der Waals surface area contributed by atoms with Gasteiger partial charge >= 0.3 is 0 Å². The van der Waals surface area contributed by atoms with Gasteiger partial charge in [-0.2, -0.15) is 0 Å². The third kappa shape index (κ3) is 2.16. The lowest BCUT2D eigenvalue weighted by atomic mass is 10.1. The zero-order chi connectivity index (χ0) is 15.9. The minimum Gasteiger partial charge on any atom is -0.394 e. The highest BCUT2D eigenvalue weighted by Gasteiger charge is 2.45. The van der Waals surface area contributed by atoms with Crippen molar-refractivity contribution in [3.8, 4) is 0 Å². The fraction of sp³-hybridized carbons (Fsp3) is 0.583. The molecule has 0 radical (unpaired) electrons. The summed E-state index contributed by atoms with van der Waals surface area (Å²) in [5, 5.41) is 32.4. The summed E-state index contributed by atoms with van der Waals surface area (Å²) in [6.07, 6.45) is -2.98.